The van der Waals surface area contributed by atoms with Crippen LogP contribution < -0.4 is 5.32 Å². The van der Waals surface area contributed by atoms with E-state index in [9.17, 15) is 4.79 Å². The third-order valence-electron chi connectivity index (χ3n) is 2.44. The van der Waals surface area contributed by atoms with E-state index in [2.05, 4.69) is 5.32 Å². The molecule has 0 aromatic heterocycles. The zero-order chi connectivity index (χ0) is 13.6. The van der Waals surface area contributed by atoms with Crippen LogP contribution in [0.15, 0.2) is 42.1 Å². The molecule has 3 heteroatoms. The molecule has 3 nitrogen and oxygen atoms in total. The van der Waals surface area contributed by atoms with Crippen LogP contribution in [0.3, 0.4) is 0 Å². The average molecular weight is 242 g/mol. The number of nitriles is 1. The Morgan fingerprint density at radius 1 is 1.33 bits per heavy atom. The van der Waals surface area contributed by atoms with Gasteiger partial charge < -0.3 is 5.32 Å². The Bertz CT molecular complexity index is 475. The molecule has 0 amide bonds. The number of carbonyl (C=O) groups is 1. The number of allylic oxidation sites excluding steroid dienone is 1. The van der Waals surface area contributed by atoms with Crippen molar-refractivity contribution < 1.29 is 4.79 Å². The maximum Gasteiger partial charge on any atom is 0.180 e. The van der Waals surface area contributed by atoms with Crippen molar-refractivity contribution >= 4 is 5.78 Å². The lowest BCUT2D eigenvalue weighted by molar-refractivity contribution is -0.122. The number of benzene rings is 1. The van der Waals surface area contributed by atoms with Crippen LogP contribution >= 0.6 is 0 Å². The van der Waals surface area contributed by atoms with E-state index in [-0.39, 0.29) is 11.4 Å². The highest BCUT2D eigenvalue weighted by molar-refractivity contribution is 6.02. The second kappa shape index (κ2) is 6.02. The molecule has 0 heterocycles. The SMILES string of the molecule is CC(C)(C)C(=O)/C(C#N)=C\NCc1ccccc1. The molecule has 0 saturated heterocycles. The Morgan fingerprint density at radius 2 is 1.94 bits per heavy atom. The molecule has 0 spiro atoms. The van der Waals surface area contributed by atoms with Gasteiger partial charge in [0.25, 0.3) is 0 Å². The van der Waals surface area contributed by atoms with Crippen LogP contribution in [-0.4, -0.2) is 5.78 Å². The van der Waals surface area contributed by atoms with Crippen molar-refractivity contribution in [2.75, 3.05) is 0 Å². The van der Waals surface area contributed by atoms with E-state index in [1.54, 1.807) is 20.8 Å². The Labute approximate surface area is 108 Å². The zero-order valence-corrected chi connectivity index (χ0v) is 11.0. The molecule has 0 radical (unpaired) electrons. The zero-order valence-electron chi connectivity index (χ0n) is 11.0. The van der Waals surface area contributed by atoms with Gasteiger partial charge in [-0.1, -0.05) is 51.1 Å². The fourth-order valence-electron chi connectivity index (χ4n) is 1.42. The molecule has 0 aliphatic heterocycles. The van der Waals surface area contributed by atoms with Gasteiger partial charge in [-0.05, 0) is 5.56 Å². The lowest BCUT2D eigenvalue weighted by atomic mass is 9.87. The van der Waals surface area contributed by atoms with Gasteiger partial charge in [0.15, 0.2) is 5.78 Å². The molecule has 1 N–H and O–H groups in total. The summed E-state index contributed by atoms with van der Waals surface area (Å²) in [4.78, 5) is 11.9. The second-order valence-corrected chi connectivity index (χ2v) is 5.12. The Morgan fingerprint density at radius 3 is 2.44 bits per heavy atom. The number of rotatable bonds is 4. The normalized spacial score (nSPS) is 11.8. The third-order valence-corrected chi connectivity index (χ3v) is 2.44. The first-order chi connectivity index (χ1) is 8.45. The van der Waals surface area contributed by atoms with Crippen molar-refractivity contribution in [3.05, 3.63) is 47.7 Å². The first-order valence-corrected chi connectivity index (χ1v) is 5.87. The van der Waals surface area contributed by atoms with E-state index >= 15 is 0 Å². The van der Waals surface area contributed by atoms with Gasteiger partial charge >= 0.3 is 0 Å². The van der Waals surface area contributed by atoms with E-state index in [0.717, 1.165) is 5.56 Å². The molecule has 1 aromatic rings. The van der Waals surface area contributed by atoms with Crippen molar-refractivity contribution in [1.29, 1.82) is 5.26 Å². The largest absolute Gasteiger partial charge is 0.386 e. The lowest BCUT2D eigenvalue weighted by Crippen LogP contribution is -2.22. The number of nitrogens with one attached hydrogen (secondary N) is 1. The van der Waals surface area contributed by atoms with Gasteiger partial charge in [-0.3, -0.25) is 4.79 Å². The van der Waals surface area contributed by atoms with Gasteiger partial charge in [-0.25, -0.2) is 0 Å². The maximum atomic E-state index is 11.9. The molecule has 1 aromatic carbocycles. The predicted molar refractivity (Wildman–Crippen MR) is 71.4 cm³/mol. The monoisotopic (exact) mass is 242 g/mol. The van der Waals surface area contributed by atoms with Crippen LogP contribution in [0.25, 0.3) is 0 Å². The lowest BCUT2D eigenvalue weighted by Gasteiger charge is -2.15. The van der Waals surface area contributed by atoms with Gasteiger partial charge in [0, 0.05) is 18.2 Å². The minimum Gasteiger partial charge on any atom is -0.386 e. The highest BCUT2D eigenvalue weighted by Gasteiger charge is 2.24. The molecular formula is C15H18N2O. The summed E-state index contributed by atoms with van der Waals surface area (Å²) in [7, 11) is 0. The van der Waals surface area contributed by atoms with Crippen LogP contribution in [-0.2, 0) is 11.3 Å². The van der Waals surface area contributed by atoms with Crippen LogP contribution in [0.1, 0.15) is 26.3 Å². The second-order valence-electron chi connectivity index (χ2n) is 5.12. The summed E-state index contributed by atoms with van der Waals surface area (Å²) < 4.78 is 0. The highest BCUT2D eigenvalue weighted by atomic mass is 16.1. The molecule has 0 aliphatic rings. The summed E-state index contributed by atoms with van der Waals surface area (Å²) in [5.74, 6) is -0.148. The van der Waals surface area contributed by atoms with Crippen LogP contribution in [0.5, 0.6) is 0 Å². The smallest absolute Gasteiger partial charge is 0.180 e. The molecular weight excluding hydrogens is 224 g/mol. The summed E-state index contributed by atoms with van der Waals surface area (Å²) in [6, 6.07) is 11.8. The topological polar surface area (TPSA) is 52.9 Å². The number of nitrogens with zero attached hydrogens (tertiary/aromatic N) is 1. The minimum atomic E-state index is -0.532. The van der Waals surface area contributed by atoms with E-state index in [4.69, 9.17) is 5.26 Å². The molecule has 18 heavy (non-hydrogen) atoms. The van der Waals surface area contributed by atoms with E-state index in [1.807, 2.05) is 36.4 Å². The van der Waals surface area contributed by atoms with Crippen molar-refractivity contribution in [2.45, 2.75) is 27.3 Å². The quantitative estimate of drug-likeness (QED) is 0.652. The fourth-order valence-corrected chi connectivity index (χ4v) is 1.42. The summed E-state index contributed by atoms with van der Waals surface area (Å²) >= 11 is 0. The van der Waals surface area contributed by atoms with Crippen LogP contribution in [0.4, 0.5) is 0 Å². The number of Topliss-reactive ketones (excluding diaryl/α,β-unsaturated/α-hetero) is 1. The maximum absolute atomic E-state index is 11.9. The first kappa shape index (κ1) is 14.0. The average Bonchev–Trinajstić information content (AvgIpc) is 2.34. The van der Waals surface area contributed by atoms with Gasteiger partial charge in [0.05, 0.1) is 0 Å². The number of hydrogen-bond acceptors (Lipinski definition) is 3. The molecule has 0 saturated carbocycles. The number of hydrogen-bond donors (Lipinski definition) is 1. The Balaban J connectivity index is 2.66. The first-order valence-electron chi connectivity index (χ1n) is 5.87. The van der Waals surface area contributed by atoms with E-state index in [0.29, 0.717) is 6.54 Å². The molecule has 1 rings (SSSR count). The van der Waals surface area contributed by atoms with Crippen molar-refractivity contribution in [3.8, 4) is 6.07 Å². The summed E-state index contributed by atoms with van der Waals surface area (Å²) in [5, 5.41) is 12.0. The molecule has 0 unspecified atom stereocenters. The summed E-state index contributed by atoms with van der Waals surface area (Å²) in [6.45, 7) is 6.01. The standard InChI is InChI=1S/C15H18N2O/c1-15(2,3)14(18)13(9-16)11-17-10-12-7-5-4-6-8-12/h4-8,11,17H,10H2,1-3H3/b13-11-. The van der Waals surface area contributed by atoms with Gasteiger partial charge in [0.2, 0.25) is 0 Å². The number of ketones is 1. The molecule has 0 aliphatic carbocycles. The summed E-state index contributed by atoms with van der Waals surface area (Å²) in [6.07, 6.45) is 1.50. The number of carbonyl (C=O) groups excluding carboxylic acids is 1. The highest BCUT2D eigenvalue weighted by Crippen LogP contribution is 2.19. The van der Waals surface area contributed by atoms with Gasteiger partial charge in [-0.2, -0.15) is 5.26 Å². The molecule has 94 valence electrons. The fraction of sp³-hybridized carbons (Fsp3) is 0.333. The minimum absolute atomic E-state index is 0.148. The van der Waals surface area contributed by atoms with Crippen molar-refractivity contribution in [3.63, 3.8) is 0 Å². The molecule has 0 atom stereocenters. The summed E-state index contributed by atoms with van der Waals surface area (Å²) in [5.41, 5.74) is 0.739. The molecule has 0 bridgehead atoms. The Hall–Kier alpha value is -2.08. The van der Waals surface area contributed by atoms with Crippen molar-refractivity contribution in [2.24, 2.45) is 5.41 Å². The van der Waals surface area contributed by atoms with Crippen LogP contribution in [0, 0.1) is 16.7 Å². The third kappa shape index (κ3) is 4.06. The van der Waals surface area contributed by atoms with E-state index < -0.39 is 5.41 Å². The van der Waals surface area contributed by atoms with Crippen molar-refractivity contribution in [1.82, 2.24) is 5.32 Å². The van der Waals surface area contributed by atoms with Gasteiger partial charge in [-0.15, -0.1) is 0 Å². The predicted octanol–water partition coefficient (Wildman–Crippen LogP) is 2.80. The Kier molecular flexibility index (Phi) is 4.67. The van der Waals surface area contributed by atoms with Crippen LogP contribution in [0.2, 0.25) is 0 Å². The van der Waals surface area contributed by atoms with E-state index in [1.165, 1.54) is 6.20 Å². The van der Waals surface area contributed by atoms with Gasteiger partial charge in [0.1, 0.15) is 11.6 Å². The molecule has 0 fully saturated rings.